The highest BCUT2D eigenvalue weighted by Gasteiger charge is 2.42. The number of thioether (sulfide) groups is 1. The molecule has 5 nitrogen and oxygen atoms in total. The number of ether oxygens (including phenoxy) is 1. The Hall–Kier alpha value is 0.150. The van der Waals surface area contributed by atoms with Gasteiger partial charge < -0.3 is 25.2 Å². The van der Waals surface area contributed by atoms with Crippen LogP contribution in [0.4, 0.5) is 0 Å². The van der Waals surface area contributed by atoms with Crippen LogP contribution in [0.2, 0.25) is 0 Å². The summed E-state index contributed by atoms with van der Waals surface area (Å²) < 4.78 is 5.13. The molecule has 0 aromatic heterocycles. The molecule has 1 aliphatic rings. The number of hydrogen-bond donors (Lipinski definition) is 4. The van der Waals surface area contributed by atoms with Gasteiger partial charge in [-0.1, -0.05) is 0 Å². The van der Waals surface area contributed by atoms with Crippen LogP contribution >= 0.6 is 11.8 Å². The van der Waals surface area contributed by atoms with Crippen molar-refractivity contribution in [1.29, 1.82) is 0 Å². The highest BCUT2D eigenvalue weighted by Crippen LogP contribution is 2.26. The summed E-state index contributed by atoms with van der Waals surface area (Å²) in [5.74, 6) is 0. The van der Waals surface area contributed by atoms with Gasteiger partial charge in [0, 0.05) is 0 Å². The lowest BCUT2D eigenvalue weighted by Gasteiger charge is -2.39. The molecule has 0 amide bonds. The van der Waals surface area contributed by atoms with Gasteiger partial charge in [0.05, 0.1) is 6.61 Å². The molecule has 0 saturated carbocycles. The van der Waals surface area contributed by atoms with Crippen LogP contribution in [0.1, 0.15) is 0 Å². The van der Waals surface area contributed by atoms with Crippen LogP contribution in [-0.4, -0.2) is 63.1 Å². The average molecular weight is 210 g/mol. The summed E-state index contributed by atoms with van der Waals surface area (Å²) >= 11 is 1.22. The molecule has 1 rings (SSSR count). The average Bonchev–Trinajstić information content (AvgIpc) is 2.15. The molecule has 1 saturated heterocycles. The Morgan fingerprint density at radius 3 is 2.23 bits per heavy atom. The van der Waals surface area contributed by atoms with E-state index in [0.717, 1.165) is 0 Å². The zero-order chi connectivity index (χ0) is 10.0. The third-order valence-electron chi connectivity index (χ3n) is 2.08. The highest BCUT2D eigenvalue weighted by molar-refractivity contribution is 7.99. The van der Waals surface area contributed by atoms with E-state index < -0.39 is 29.9 Å². The summed E-state index contributed by atoms with van der Waals surface area (Å²) in [4.78, 5) is 0. The second kappa shape index (κ2) is 4.59. The first kappa shape index (κ1) is 11.2. The predicted molar refractivity (Wildman–Crippen MR) is 47.3 cm³/mol. The van der Waals surface area contributed by atoms with Crippen LogP contribution < -0.4 is 0 Å². The first-order valence-electron chi connectivity index (χ1n) is 3.95. The number of rotatable bonds is 2. The maximum Gasteiger partial charge on any atom is 0.132 e. The zero-order valence-electron chi connectivity index (χ0n) is 7.20. The Morgan fingerprint density at radius 1 is 1.15 bits per heavy atom. The van der Waals surface area contributed by atoms with Crippen LogP contribution in [0.15, 0.2) is 0 Å². The van der Waals surface area contributed by atoms with Crippen molar-refractivity contribution in [3.05, 3.63) is 0 Å². The summed E-state index contributed by atoms with van der Waals surface area (Å²) in [7, 11) is 0. The fourth-order valence-corrected chi connectivity index (χ4v) is 1.96. The van der Waals surface area contributed by atoms with Crippen LogP contribution in [0.5, 0.6) is 0 Å². The summed E-state index contributed by atoms with van der Waals surface area (Å²) in [6.45, 7) is -0.373. The predicted octanol–water partition coefficient (Wildman–Crippen LogP) is -1.85. The summed E-state index contributed by atoms with van der Waals surface area (Å²) in [5.41, 5.74) is -0.601. The normalized spacial score (nSPS) is 46.4. The molecule has 0 bridgehead atoms. The van der Waals surface area contributed by atoms with Crippen molar-refractivity contribution in [2.45, 2.75) is 29.9 Å². The molecule has 0 aromatic rings. The lowest BCUT2D eigenvalue weighted by molar-refractivity contribution is -0.205. The molecule has 1 fully saturated rings. The minimum absolute atomic E-state index is 0.373. The van der Waals surface area contributed by atoms with Crippen molar-refractivity contribution in [2.75, 3.05) is 12.9 Å². The minimum atomic E-state index is -1.26. The molecule has 0 spiro atoms. The third kappa shape index (κ3) is 2.15. The molecule has 4 N–H and O–H groups in total. The molecule has 5 atom stereocenters. The van der Waals surface area contributed by atoms with E-state index in [0.29, 0.717) is 0 Å². The molecular formula is C7H14O5S. The quantitative estimate of drug-likeness (QED) is 0.428. The first-order valence-corrected chi connectivity index (χ1v) is 5.24. The van der Waals surface area contributed by atoms with E-state index in [-0.39, 0.29) is 6.61 Å². The number of aliphatic hydroxyl groups is 4. The van der Waals surface area contributed by atoms with Crippen molar-refractivity contribution in [1.82, 2.24) is 0 Å². The Bertz CT molecular complexity index is 147. The molecular weight excluding hydrogens is 196 g/mol. The number of aliphatic hydroxyl groups excluding tert-OH is 4. The van der Waals surface area contributed by atoms with E-state index in [1.54, 1.807) is 6.26 Å². The van der Waals surface area contributed by atoms with E-state index in [2.05, 4.69) is 0 Å². The van der Waals surface area contributed by atoms with E-state index in [1.807, 2.05) is 0 Å². The van der Waals surface area contributed by atoms with Crippen molar-refractivity contribution in [3.8, 4) is 0 Å². The van der Waals surface area contributed by atoms with Gasteiger partial charge in [-0.15, -0.1) is 11.8 Å². The molecule has 1 heterocycles. The van der Waals surface area contributed by atoms with Crippen molar-refractivity contribution in [2.24, 2.45) is 0 Å². The van der Waals surface area contributed by atoms with Crippen LogP contribution in [0.25, 0.3) is 0 Å². The molecule has 0 aromatic carbocycles. The van der Waals surface area contributed by atoms with Crippen LogP contribution in [0.3, 0.4) is 0 Å². The van der Waals surface area contributed by atoms with Gasteiger partial charge in [0.15, 0.2) is 0 Å². The minimum Gasteiger partial charge on any atom is -0.394 e. The second-order valence-corrected chi connectivity index (χ2v) is 3.87. The Kier molecular flexibility index (Phi) is 3.96. The third-order valence-corrected chi connectivity index (χ3v) is 2.94. The van der Waals surface area contributed by atoms with E-state index in [4.69, 9.17) is 9.84 Å². The molecule has 78 valence electrons. The maximum absolute atomic E-state index is 9.38. The maximum atomic E-state index is 9.38. The van der Waals surface area contributed by atoms with Crippen molar-refractivity contribution in [3.63, 3.8) is 0 Å². The van der Waals surface area contributed by atoms with Gasteiger partial charge in [-0.25, -0.2) is 0 Å². The molecule has 13 heavy (non-hydrogen) atoms. The summed E-state index contributed by atoms with van der Waals surface area (Å²) in [6, 6.07) is 0. The first-order chi connectivity index (χ1) is 6.11. The van der Waals surface area contributed by atoms with Gasteiger partial charge >= 0.3 is 0 Å². The summed E-state index contributed by atoms with van der Waals surface area (Å²) in [6.07, 6.45) is -2.72. The molecule has 1 aliphatic heterocycles. The van der Waals surface area contributed by atoms with Gasteiger partial charge in [0.1, 0.15) is 29.9 Å². The lowest BCUT2D eigenvalue weighted by Crippen LogP contribution is -2.57. The molecule has 6 heteroatoms. The fourth-order valence-electron chi connectivity index (χ4n) is 1.26. The topological polar surface area (TPSA) is 90.2 Å². The SMILES string of the molecule is CS[C@@H]1O[C@H](CO)[C@@H](O)[C@H](O)[C@@H]1O. The van der Waals surface area contributed by atoms with Gasteiger partial charge in [-0.2, -0.15) is 0 Å². The zero-order valence-corrected chi connectivity index (χ0v) is 8.02. The van der Waals surface area contributed by atoms with Crippen LogP contribution in [-0.2, 0) is 4.74 Å². The van der Waals surface area contributed by atoms with Gasteiger partial charge in [-0.3, -0.25) is 0 Å². The van der Waals surface area contributed by atoms with Gasteiger partial charge in [0.2, 0.25) is 0 Å². The molecule has 0 aliphatic carbocycles. The van der Waals surface area contributed by atoms with Gasteiger partial charge in [-0.05, 0) is 6.26 Å². The fraction of sp³-hybridized carbons (Fsp3) is 1.00. The Balaban J connectivity index is 2.66. The standard InChI is InChI=1S/C7H14O5S/c1-13-7-6(11)5(10)4(9)3(2-8)12-7/h3-11H,2H2,1H3/t3-,4-,5+,6+,7+/m1/s1. The Morgan fingerprint density at radius 2 is 1.77 bits per heavy atom. The summed E-state index contributed by atoms with van der Waals surface area (Å²) in [5, 5.41) is 36.8. The molecule has 0 radical (unpaired) electrons. The van der Waals surface area contributed by atoms with Gasteiger partial charge in [0.25, 0.3) is 0 Å². The Labute approximate surface area is 80.3 Å². The smallest absolute Gasteiger partial charge is 0.132 e. The monoisotopic (exact) mass is 210 g/mol. The highest BCUT2D eigenvalue weighted by atomic mass is 32.2. The largest absolute Gasteiger partial charge is 0.394 e. The van der Waals surface area contributed by atoms with Crippen molar-refractivity contribution >= 4 is 11.8 Å². The lowest BCUT2D eigenvalue weighted by atomic mass is 10.0. The van der Waals surface area contributed by atoms with Crippen LogP contribution in [0, 0.1) is 0 Å². The van der Waals surface area contributed by atoms with E-state index in [1.165, 1.54) is 11.8 Å². The second-order valence-electron chi connectivity index (χ2n) is 2.93. The van der Waals surface area contributed by atoms with E-state index in [9.17, 15) is 15.3 Å². The molecule has 0 unspecified atom stereocenters. The number of hydrogen-bond acceptors (Lipinski definition) is 6. The van der Waals surface area contributed by atoms with E-state index >= 15 is 0 Å². The van der Waals surface area contributed by atoms with Crippen molar-refractivity contribution < 1.29 is 25.2 Å².